The Morgan fingerprint density at radius 3 is 3.12 bits per heavy atom. The Bertz CT molecular complexity index is 374. The third-order valence-electron chi connectivity index (χ3n) is 2.95. The fourth-order valence-electron chi connectivity index (χ4n) is 2.02. The summed E-state index contributed by atoms with van der Waals surface area (Å²) in [6, 6.07) is 3.98. The van der Waals surface area contributed by atoms with E-state index >= 15 is 0 Å². The zero-order valence-electron chi connectivity index (χ0n) is 9.67. The first-order valence-electron chi connectivity index (χ1n) is 5.95. The van der Waals surface area contributed by atoms with E-state index in [0.717, 1.165) is 28.3 Å². The van der Waals surface area contributed by atoms with E-state index in [1.54, 1.807) is 11.3 Å². The Kier molecular flexibility index (Phi) is 5.00. The van der Waals surface area contributed by atoms with E-state index in [1.807, 2.05) is 12.1 Å². The van der Waals surface area contributed by atoms with E-state index in [2.05, 4.69) is 26.6 Å². The third-order valence-corrected chi connectivity index (χ3v) is 4.57. The fourth-order valence-corrected chi connectivity index (χ4v) is 3.51. The molecule has 0 radical (unpaired) electrons. The summed E-state index contributed by atoms with van der Waals surface area (Å²) in [6.45, 7) is 2.96. The van der Waals surface area contributed by atoms with Gasteiger partial charge in [-0.1, -0.05) is 0 Å². The van der Waals surface area contributed by atoms with Gasteiger partial charge in [-0.15, -0.1) is 11.3 Å². The molecule has 1 amide bonds. The maximum Gasteiger partial charge on any atom is 0.225 e. The van der Waals surface area contributed by atoms with Gasteiger partial charge in [-0.2, -0.15) is 0 Å². The number of carbonyl (C=O) groups is 1. The lowest BCUT2D eigenvalue weighted by atomic mass is 10.00. The highest BCUT2D eigenvalue weighted by atomic mass is 79.9. The Hall–Kier alpha value is -0.390. The molecule has 2 rings (SSSR count). The summed E-state index contributed by atoms with van der Waals surface area (Å²) in [5.74, 6) is 0.729. The van der Waals surface area contributed by atoms with Crippen LogP contribution >= 0.6 is 27.3 Å². The molecule has 1 saturated heterocycles. The molecule has 0 aromatic carbocycles. The second-order valence-corrected chi connectivity index (χ2v) is 6.95. The van der Waals surface area contributed by atoms with Crippen LogP contribution in [0.1, 0.15) is 17.7 Å². The maximum atomic E-state index is 11.7. The Morgan fingerprint density at radius 2 is 2.47 bits per heavy atom. The van der Waals surface area contributed by atoms with Crippen molar-refractivity contribution >= 4 is 33.2 Å². The van der Waals surface area contributed by atoms with Crippen molar-refractivity contribution in [1.82, 2.24) is 10.6 Å². The van der Waals surface area contributed by atoms with E-state index in [-0.39, 0.29) is 5.91 Å². The summed E-state index contributed by atoms with van der Waals surface area (Å²) in [5.41, 5.74) is 0. The zero-order chi connectivity index (χ0) is 12.1. The van der Waals surface area contributed by atoms with Crippen LogP contribution in [0, 0.1) is 5.92 Å². The highest BCUT2D eigenvalue weighted by molar-refractivity contribution is 9.11. The standard InChI is InChI=1S/C12H17BrN2OS/c13-11-4-3-10(17-11)6-12(16)15-8-9-2-1-5-14-7-9/h3-4,9,14H,1-2,5-8H2,(H,15,16). The lowest BCUT2D eigenvalue weighted by molar-refractivity contribution is -0.120. The minimum Gasteiger partial charge on any atom is -0.355 e. The van der Waals surface area contributed by atoms with Crippen LogP contribution in [0.25, 0.3) is 0 Å². The Balaban J connectivity index is 1.70. The second kappa shape index (κ2) is 6.52. The number of piperidine rings is 1. The first kappa shape index (κ1) is 13.1. The normalized spacial score (nSPS) is 20.2. The molecule has 1 aromatic heterocycles. The van der Waals surface area contributed by atoms with Crippen molar-refractivity contribution in [2.75, 3.05) is 19.6 Å². The van der Waals surface area contributed by atoms with Gasteiger partial charge in [0.05, 0.1) is 10.2 Å². The molecule has 3 nitrogen and oxygen atoms in total. The zero-order valence-corrected chi connectivity index (χ0v) is 12.1. The average molecular weight is 317 g/mol. The predicted molar refractivity (Wildman–Crippen MR) is 74.3 cm³/mol. The molecule has 0 bridgehead atoms. The van der Waals surface area contributed by atoms with Crippen molar-refractivity contribution < 1.29 is 4.79 Å². The average Bonchev–Trinajstić information content (AvgIpc) is 2.73. The van der Waals surface area contributed by atoms with Gasteiger partial charge in [0.25, 0.3) is 0 Å². The van der Waals surface area contributed by atoms with E-state index in [0.29, 0.717) is 12.3 Å². The van der Waals surface area contributed by atoms with Gasteiger partial charge in [0.15, 0.2) is 0 Å². The molecule has 2 N–H and O–H groups in total. The van der Waals surface area contributed by atoms with Crippen LogP contribution in [0.15, 0.2) is 15.9 Å². The smallest absolute Gasteiger partial charge is 0.225 e. The molecule has 0 saturated carbocycles. The highest BCUT2D eigenvalue weighted by Gasteiger charge is 2.14. The lowest BCUT2D eigenvalue weighted by Gasteiger charge is -2.22. The molecule has 1 aromatic rings. The van der Waals surface area contributed by atoms with Crippen molar-refractivity contribution in [3.8, 4) is 0 Å². The minimum absolute atomic E-state index is 0.130. The number of thiophene rings is 1. The van der Waals surface area contributed by atoms with Gasteiger partial charge in [0.2, 0.25) is 5.91 Å². The van der Waals surface area contributed by atoms with Crippen molar-refractivity contribution in [3.63, 3.8) is 0 Å². The van der Waals surface area contributed by atoms with Crippen LogP contribution in [0.4, 0.5) is 0 Å². The molecule has 0 aliphatic carbocycles. The van der Waals surface area contributed by atoms with Gasteiger partial charge in [-0.05, 0) is 59.9 Å². The fraction of sp³-hybridized carbons (Fsp3) is 0.583. The molecular weight excluding hydrogens is 300 g/mol. The second-order valence-electron chi connectivity index (χ2n) is 4.40. The molecule has 0 spiro atoms. The SMILES string of the molecule is O=C(Cc1ccc(Br)s1)NCC1CCCNC1. The third kappa shape index (κ3) is 4.41. The minimum atomic E-state index is 0.130. The summed E-state index contributed by atoms with van der Waals surface area (Å²) in [5, 5.41) is 6.38. The van der Waals surface area contributed by atoms with Gasteiger partial charge >= 0.3 is 0 Å². The molecule has 1 atom stereocenters. The van der Waals surface area contributed by atoms with Gasteiger partial charge in [-0.3, -0.25) is 4.79 Å². The molecule has 1 fully saturated rings. The topological polar surface area (TPSA) is 41.1 Å². The molecule has 1 aliphatic heterocycles. The number of carbonyl (C=O) groups excluding carboxylic acids is 1. The molecular formula is C12H17BrN2OS. The van der Waals surface area contributed by atoms with Crippen LogP contribution in [-0.4, -0.2) is 25.5 Å². The van der Waals surface area contributed by atoms with Crippen LogP contribution in [0.5, 0.6) is 0 Å². The van der Waals surface area contributed by atoms with Crippen LogP contribution in [0.3, 0.4) is 0 Å². The number of amides is 1. The van der Waals surface area contributed by atoms with E-state index in [9.17, 15) is 4.79 Å². The number of hydrogen-bond acceptors (Lipinski definition) is 3. The molecule has 1 aliphatic rings. The van der Waals surface area contributed by atoms with Crippen molar-refractivity contribution in [1.29, 1.82) is 0 Å². The number of rotatable bonds is 4. The first-order valence-corrected chi connectivity index (χ1v) is 7.56. The molecule has 2 heterocycles. The first-order chi connectivity index (χ1) is 8.24. The largest absolute Gasteiger partial charge is 0.355 e. The van der Waals surface area contributed by atoms with Crippen molar-refractivity contribution in [2.45, 2.75) is 19.3 Å². The van der Waals surface area contributed by atoms with Gasteiger partial charge in [0.1, 0.15) is 0 Å². The van der Waals surface area contributed by atoms with E-state index in [1.165, 1.54) is 12.8 Å². The summed E-state index contributed by atoms with van der Waals surface area (Å²) >= 11 is 5.02. The molecule has 94 valence electrons. The predicted octanol–water partition coefficient (Wildman–Crippen LogP) is 2.17. The van der Waals surface area contributed by atoms with Gasteiger partial charge in [0, 0.05) is 11.4 Å². The maximum absolute atomic E-state index is 11.7. The Morgan fingerprint density at radius 1 is 1.59 bits per heavy atom. The summed E-state index contributed by atoms with van der Waals surface area (Å²) in [4.78, 5) is 12.8. The van der Waals surface area contributed by atoms with Gasteiger partial charge in [-0.25, -0.2) is 0 Å². The number of halogens is 1. The van der Waals surface area contributed by atoms with Crippen molar-refractivity contribution in [3.05, 3.63) is 20.8 Å². The summed E-state index contributed by atoms with van der Waals surface area (Å²) in [7, 11) is 0. The summed E-state index contributed by atoms with van der Waals surface area (Å²) < 4.78 is 1.08. The lowest BCUT2D eigenvalue weighted by Crippen LogP contribution is -2.38. The van der Waals surface area contributed by atoms with Crippen LogP contribution < -0.4 is 10.6 Å². The van der Waals surface area contributed by atoms with Crippen molar-refractivity contribution in [2.24, 2.45) is 5.92 Å². The quantitative estimate of drug-likeness (QED) is 0.894. The monoisotopic (exact) mass is 316 g/mol. The van der Waals surface area contributed by atoms with E-state index in [4.69, 9.17) is 0 Å². The Labute approximate surface area is 114 Å². The number of hydrogen-bond donors (Lipinski definition) is 2. The molecule has 5 heteroatoms. The van der Waals surface area contributed by atoms with Crippen LogP contribution in [0.2, 0.25) is 0 Å². The van der Waals surface area contributed by atoms with Gasteiger partial charge < -0.3 is 10.6 Å². The molecule has 1 unspecified atom stereocenters. The highest BCUT2D eigenvalue weighted by Crippen LogP contribution is 2.22. The molecule has 17 heavy (non-hydrogen) atoms. The van der Waals surface area contributed by atoms with E-state index < -0.39 is 0 Å². The van der Waals surface area contributed by atoms with Crippen LogP contribution in [-0.2, 0) is 11.2 Å². The summed E-state index contributed by atoms with van der Waals surface area (Å²) in [6.07, 6.45) is 2.94. The number of nitrogens with one attached hydrogen (secondary N) is 2.